The quantitative estimate of drug-likeness (QED) is 0.363. The zero-order valence-corrected chi connectivity index (χ0v) is 13.1. The minimum atomic E-state index is -0.711. The first-order chi connectivity index (χ1) is 10.6. The molecule has 0 aliphatic carbocycles. The fourth-order valence-electron chi connectivity index (χ4n) is 1.72. The molecule has 0 amide bonds. The van der Waals surface area contributed by atoms with E-state index in [4.69, 9.17) is 9.47 Å². The van der Waals surface area contributed by atoms with Crippen LogP contribution in [0, 0.1) is 0 Å². The Morgan fingerprint density at radius 3 is 2.05 bits per heavy atom. The number of nitrogens with one attached hydrogen (secondary N) is 1. The van der Waals surface area contributed by atoms with Crippen molar-refractivity contribution in [3.05, 3.63) is 53.7 Å². The Balaban J connectivity index is 2.96. The highest BCUT2D eigenvalue weighted by molar-refractivity contribution is 6.14. The van der Waals surface area contributed by atoms with Gasteiger partial charge in [0.15, 0.2) is 5.57 Å². The standard InChI is InChI=1S/C17H21NO4/c1-4-15(13-10-8-7-9-11-13)18-12-14(16(19)21-5-2)17(20)22-6-3/h4,7-12,18H,5-6H2,1-3H3/b15-4-. The molecular weight excluding hydrogens is 282 g/mol. The third-order valence-electron chi connectivity index (χ3n) is 2.74. The topological polar surface area (TPSA) is 64.6 Å². The summed E-state index contributed by atoms with van der Waals surface area (Å²) in [6, 6.07) is 9.56. The number of esters is 2. The van der Waals surface area contributed by atoms with Crippen LogP contribution < -0.4 is 5.32 Å². The second-order valence-electron chi connectivity index (χ2n) is 4.21. The number of hydrogen-bond donors (Lipinski definition) is 1. The van der Waals surface area contributed by atoms with Gasteiger partial charge in [-0.15, -0.1) is 0 Å². The van der Waals surface area contributed by atoms with Gasteiger partial charge in [-0.1, -0.05) is 36.4 Å². The van der Waals surface area contributed by atoms with Gasteiger partial charge in [0.05, 0.1) is 13.2 Å². The molecule has 1 aromatic carbocycles. The van der Waals surface area contributed by atoms with Crippen molar-refractivity contribution in [3.8, 4) is 0 Å². The van der Waals surface area contributed by atoms with Crippen LogP contribution in [0.25, 0.3) is 5.70 Å². The summed E-state index contributed by atoms with van der Waals surface area (Å²) in [5.74, 6) is -1.42. The van der Waals surface area contributed by atoms with Crippen LogP contribution in [-0.4, -0.2) is 25.2 Å². The third kappa shape index (κ3) is 5.09. The molecule has 1 aromatic rings. The molecule has 0 fully saturated rings. The number of benzene rings is 1. The number of ether oxygens (including phenoxy) is 2. The number of rotatable bonds is 7. The highest BCUT2D eigenvalue weighted by atomic mass is 16.6. The molecule has 0 bridgehead atoms. The van der Waals surface area contributed by atoms with Gasteiger partial charge in [-0.25, -0.2) is 9.59 Å². The first kappa shape index (κ1) is 17.5. The van der Waals surface area contributed by atoms with Crippen LogP contribution >= 0.6 is 0 Å². The van der Waals surface area contributed by atoms with Crippen molar-refractivity contribution in [2.75, 3.05) is 13.2 Å². The van der Waals surface area contributed by atoms with E-state index in [1.807, 2.05) is 43.3 Å². The third-order valence-corrected chi connectivity index (χ3v) is 2.74. The average molecular weight is 303 g/mol. The second-order valence-corrected chi connectivity index (χ2v) is 4.21. The Bertz CT molecular complexity index is 541. The predicted octanol–water partition coefficient (Wildman–Crippen LogP) is 2.65. The first-order valence-corrected chi connectivity index (χ1v) is 7.16. The number of allylic oxidation sites excluding steroid dienone is 1. The molecule has 0 aromatic heterocycles. The minimum Gasteiger partial charge on any atom is -0.462 e. The Morgan fingerprint density at radius 2 is 1.59 bits per heavy atom. The highest BCUT2D eigenvalue weighted by Gasteiger charge is 2.21. The number of hydrogen-bond acceptors (Lipinski definition) is 5. The van der Waals surface area contributed by atoms with Crippen molar-refractivity contribution >= 4 is 17.6 Å². The van der Waals surface area contributed by atoms with Gasteiger partial charge in [-0.3, -0.25) is 0 Å². The summed E-state index contributed by atoms with van der Waals surface area (Å²) < 4.78 is 9.75. The fourth-order valence-corrected chi connectivity index (χ4v) is 1.72. The van der Waals surface area contributed by atoms with Gasteiger partial charge in [-0.2, -0.15) is 0 Å². The van der Waals surface area contributed by atoms with Gasteiger partial charge in [0, 0.05) is 11.9 Å². The molecule has 1 rings (SSSR count). The molecule has 5 nitrogen and oxygen atoms in total. The van der Waals surface area contributed by atoms with E-state index in [0.29, 0.717) is 0 Å². The Kier molecular flexibility index (Phi) is 7.47. The number of carbonyl (C=O) groups is 2. The molecule has 0 aliphatic heterocycles. The molecule has 22 heavy (non-hydrogen) atoms. The minimum absolute atomic E-state index is 0.168. The van der Waals surface area contributed by atoms with E-state index in [1.165, 1.54) is 6.20 Å². The molecule has 0 saturated carbocycles. The molecule has 0 heterocycles. The first-order valence-electron chi connectivity index (χ1n) is 7.16. The normalized spacial score (nSPS) is 10.6. The largest absolute Gasteiger partial charge is 0.462 e. The van der Waals surface area contributed by atoms with Crippen LogP contribution in [0.3, 0.4) is 0 Å². The van der Waals surface area contributed by atoms with Crippen molar-refractivity contribution in [3.63, 3.8) is 0 Å². The maximum Gasteiger partial charge on any atom is 0.347 e. The fraction of sp³-hybridized carbons (Fsp3) is 0.294. The molecular formula is C17H21NO4. The Hall–Kier alpha value is -2.56. The molecule has 0 spiro atoms. The van der Waals surface area contributed by atoms with Gasteiger partial charge in [0.25, 0.3) is 0 Å². The summed E-state index contributed by atoms with van der Waals surface area (Å²) in [4.78, 5) is 23.7. The molecule has 5 heteroatoms. The summed E-state index contributed by atoms with van der Waals surface area (Å²) >= 11 is 0. The van der Waals surface area contributed by atoms with Crippen molar-refractivity contribution < 1.29 is 19.1 Å². The van der Waals surface area contributed by atoms with Gasteiger partial charge < -0.3 is 14.8 Å². The molecule has 0 unspecified atom stereocenters. The SMILES string of the molecule is C/C=C(\NC=C(C(=O)OCC)C(=O)OCC)c1ccccc1. The lowest BCUT2D eigenvalue weighted by atomic mass is 10.1. The van der Waals surface area contributed by atoms with Gasteiger partial charge >= 0.3 is 11.9 Å². The van der Waals surface area contributed by atoms with Gasteiger partial charge in [0.1, 0.15) is 0 Å². The number of carbonyl (C=O) groups excluding carboxylic acids is 2. The lowest BCUT2D eigenvalue weighted by Crippen LogP contribution is -2.21. The van der Waals surface area contributed by atoms with Crippen LogP contribution in [0.5, 0.6) is 0 Å². The van der Waals surface area contributed by atoms with Crippen LogP contribution in [0.15, 0.2) is 48.2 Å². The van der Waals surface area contributed by atoms with Crippen LogP contribution in [0.4, 0.5) is 0 Å². The Morgan fingerprint density at radius 1 is 1.05 bits per heavy atom. The zero-order valence-electron chi connectivity index (χ0n) is 13.1. The molecule has 0 atom stereocenters. The lowest BCUT2D eigenvalue weighted by Gasteiger charge is -2.10. The van der Waals surface area contributed by atoms with Crippen molar-refractivity contribution in [1.82, 2.24) is 5.32 Å². The van der Waals surface area contributed by atoms with E-state index in [2.05, 4.69) is 5.32 Å². The van der Waals surface area contributed by atoms with Gasteiger partial charge in [-0.05, 0) is 26.3 Å². The lowest BCUT2D eigenvalue weighted by molar-refractivity contribution is -0.146. The van der Waals surface area contributed by atoms with Crippen molar-refractivity contribution in [2.45, 2.75) is 20.8 Å². The van der Waals surface area contributed by atoms with E-state index in [0.717, 1.165) is 11.3 Å². The molecule has 0 radical (unpaired) electrons. The highest BCUT2D eigenvalue weighted by Crippen LogP contribution is 2.11. The summed E-state index contributed by atoms with van der Waals surface area (Å²) in [6.07, 6.45) is 3.16. The van der Waals surface area contributed by atoms with Crippen LogP contribution in [0.2, 0.25) is 0 Å². The smallest absolute Gasteiger partial charge is 0.347 e. The average Bonchev–Trinajstić information content (AvgIpc) is 2.53. The van der Waals surface area contributed by atoms with E-state index in [1.54, 1.807) is 13.8 Å². The van der Waals surface area contributed by atoms with Gasteiger partial charge in [0.2, 0.25) is 0 Å². The van der Waals surface area contributed by atoms with E-state index in [-0.39, 0.29) is 18.8 Å². The second kappa shape index (κ2) is 9.39. The molecule has 118 valence electrons. The maximum atomic E-state index is 11.8. The molecule has 1 N–H and O–H groups in total. The summed E-state index contributed by atoms with van der Waals surface area (Å²) in [5, 5.41) is 2.96. The van der Waals surface area contributed by atoms with E-state index >= 15 is 0 Å². The van der Waals surface area contributed by atoms with Crippen LogP contribution in [0.1, 0.15) is 26.3 Å². The summed E-state index contributed by atoms with van der Waals surface area (Å²) in [6.45, 7) is 5.58. The monoisotopic (exact) mass is 303 g/mol. The maximum absolute atomic E-state index is 11.8. The van der Waals surface area contributed by atoms with Crippen LogP contribution in [-0.2, 0) is 19.1 Å². The zero-order chi connectivity index (χ0) is 16.4. The van der Waals surface area contributed by atoms with Crippen molar-refractivity contribution in [2.24, 2.45) is 0 Å². The Labute approximate surface area is 130 Å². The molecule has 0 saturated heterocycles. The summed E-state index contributed by atoms with van der Waals surface area (Å²) in [5.41, 5.74) is 1.54. The summed E-state index contributed by atoms with van der Waals surface area (Å²) in [7, 11) is 0. The predicted molar refractivity (Wildman–Crippen MR) is 84.6 cm³/mol. The van der Waals surface area contributed by atoms with Crippen molar-refractivity contribution in [1.29, 1.82) is 0 Å². The van der Waals surface area contributed by atoms with E-state index < -0.39 is 11.9 Å². The van der Waals surface area contributed by atoms with E-state index in [9.17, 15) is 9.59 Å². The molecule has 0 aliphatic rings.